The molecule has 2 aromatic heterocycles. The van der Waals surface area contributed by atoms with Crippen molar-refractivity contribution in [1.29, 1.82) is 0 Å². The van der Waals surface area contributed by atoms with Gasteiger partial charge in [0.25, 0.3) is 0 Å². The lowest BCUT2D eigenvalue weighted by Crippen LogP contribution is -2.31. The number of ether oxygens (including phenoxy) is 1. The van der Waals surface area contributed by atoms with Crippen molar-refractivity contribution in [3.8, 4) is 5.88 Å². The summed E-state index contributed by atoms with van der Waals surface area (Å²) in [6.45, 7) is 3.71. The van der Waals surface area contributed by atoms with E-state index < -0.39 is 0 Å². The largest absolute Gasteiger partial charge is 0.481 e. The average molecular weight is 275 g/mol. The zero-order valence-electron chi connectivity index (χ0n) is 11.6. The van der Waals surface area contributed by atoms with Crippen LogP contribution in [0.3, 0.4) is 0 Å². The summed E-state index contributed by atoms with van der Waals surface area (Å²) in [6, 6.07) is 6.56. The van der Waals surface area contributed by atoms with E-state index in [1.807, 2.05) is 26.0 Å². The number of nitrogens with zero attached hydrogens (tertiary/aromatic N) is 1. The van der Waals surface area contributed by atoms with Gasteiger partial charge in [-0.25, -0.2) is 9.78 Å². The molecule has 0 aliphatic rings. The van der Waals surface area contributed by atoms with E-state index in [1.165, 1.54) is 13.3 Å². The highest BCUT2D eigenvalue weighted by Gasteiger charge is 2.12. The second-order valence-electron chi connectivity index (χ2n) is 4.36. The number of aryl methyl sites for hydroxylation is 1. The molecule has 6 nitrogen and oxygen atoms in total. The monoisotopic (exact) mass is 275 g/mol. The van der Waals surface area contributed by atoms with Crippen molar-refractivity contribution in [2.45, 2.75) is 19.9 Å². The Morgan fingerprint density at radius 3 is 2.70 bits per heavy atom. The number of urea groups is 1. The van der Waals surface area contributed by atoms with Gasteiger partial charge in [0.05, 0.1) is 25.0 Å². The minimum atomic E-state index is -0.321. The molecule has 6 heteroatoms. The molecule has 1 atom stereocenters. The van der Waals surface area contributed by atoms with E-state index in [0.717, 1.165) is 5.76 Å². The number of rotatable bonds is 4. The number of anilines is 1. The van der Waals surface area contributed by atoms with Gasteiger partial charge in [0.15, 0.2) is 0 Å². The first kappa shape index (κ1) is 13.9. The van der Waals surface area contributed by atoms with Crippen molar-refractivity contribution >= 4 is 11.7 Å². The number of aromatic nitrogens is 1. The molecule has 2 aromatic rings. The van der Waals surface area contributed by atoms with Crippen LogP contribution in [0.2, 0.25) is 0 Å². The fraction of sp³-hybridized carbons (Fsp3) is 0.286. The molecule has 0 bridgehead atoms. The van der Waals surface area contributed by atoms with Gasteiger partial charge in [-0.15, -0.1) is 0 Å². The number of methoxy groups -OCH3 is 1. The Labute approximate surface area is 117 Å². The SMILES string of the molecule is COc1ccc(NC(=O)NC(C)c2ccc(C)o2)cn1. The van der Waals surface area contributed by atoms with E-state index >= 15 is 0 Å². The molecule has 1 unspecified atom stereocenters. The summed E-state index contributed by atoms with van der Waals surface area (Å²) in [4.78, 5) is 15.8. The zero-order chi connectivity index (χ0) is 14.5. The first-order chi connectivity index (χ1) is 9.58. The number of hydrogen-bond acceptors (Lipinski definition) is 4. The van der Waals surface area contributed by atoms with Crippen LogP contribution >= 0.6 is 0 Å². The standard InChI is InChI=1S/C14H17N3O3/c1-9-4-6-12(20-9)10(2)16-14(18)17-11-5-7-13(19-3)15-8-11/h4-8,10H,1-3H3,(H2,16,17,18). The number of pyridine rings is 1. The Bertz CT molecular complexity index is 578. The predicted molar refractivity (Wildman–Crippen MR) is 74.8 cm³/mol. The molecule has 0 aliphatic heterocycles. The fourth-order valence-corrected chi connectivity index (χ4v) is 1.70. The third-order valence-electron chi connectivity index (χ3n) is 2.74. The Morgan fingerprint density at radius 1 is 1.35 bits per heavy atom. The van der Waals surface area contributed by atoms with Crippen LogP contribution in [0, 0.1) is 6.92 Å². The summed E-state index contributed by atoms with van der Waals surface area (Å²) >= 11 is 0. The highest BCUT2D eigenvalue weighted by atomic mass is 16.5. The number of nitrogens with one attached hydrogen (secondary N) is 2. The predicted octanol–water partition coefficient (Wildman–Crippen LogP) is 2.87. The first-order valence-corrected chi connectivity index (χ1v) is 6.22. The quantitative estimate of drug-likeness (QED) is 0.899. The van der Waals surface area contributed by atoms with Gasteiger partial charge in [0.2, 0.25) is 5.88 Å². The smallest absolute Gasteiger partial charge is 0.319 e. The van der Waals surface area contributed by atoms with Gasteiger partial charge < -0.3 is 19.8 Å². The van der Waals surface area contributed by atoms with E-state index in [-0.39, 0.29) is 12.1 Å². The molecule has 2 amide bonds. The van der Waals surface area contributed by atoms with Crippen molar-refractivity contribution in [1.82, 2.24) is 10.3 Å². The van der Waals surface area contributed by atoms with Crippen LogP contribution < -0.4 is 15.4 Å². The highest BCUT2D eigenvalue weighted by molar-refractivity contribution is 5.89. The molecule has 2 rings (SSSR count). The second kappa shape index (κ2) is 6.10. The Hall–Kier alpha value is -2.50. The summed E-state index contributed by atoms with van der Waals surface area (Å²) in [5.74, 6) is 2.02. The molecule has 20 heavy (non-hydrogen) atoms. The lowest BCUT2D eigenvalue weighted by Gasteiger charge is -2.12. The molecule has 0 aliphatic carbocycles. The van der Waals surface area contributed by atoms with Gasteiger partial charge in [0.1, 0.15) is 11.5 Å². The Morgan fingerprint density at radius 2 is 2.15 bits per heavy atom. The number of carbonyl (C=O) groups is 1. The molecule has 0 radical (unpaired) electrons. The number of carbonyl (C=O) groups excluding carboxylic acids is 1. The van der Waals surface area contributed by atoms with Gasteiger partial charge in [-0.1, -0.05) is 0 Å². The molecule has 106 valence electrons. The van der Waals surface area contributed by atoms with Crippen molar-refractivity contribution in [2.24, 2.45) is 0 Å². The molecule has 0 saturated carbocycles. The van der Waals surface area contributed by atoms with Crippen LogP contribution in [-0.4, -0.2) is 18.1 Å². The molecule has 2 heterocycles. The summed E-state index contributed by atoms with van der Waals surface area (Å²) in [7, 11) is 1.54. The average Bonchev–Trinajstić information content (AvgIpc) is 2.86. The van der Waals surface area contributed by atoms with Gasteiger partial charge in [0, 0.05) is 6.07 Å². The second-order valence-corrected chi connectivity index (χ2v) is 4.36. The maximum absolute atomic E-state index is 11.8. The minimum absolute atomic E-state index is 0.213. The third kappa shape index (κ3) is 3.50. The number of amides is 2. The van der Waals surface area contributed by atoms with E-state index in [0.29, 0.717) is 17.3 Å². The molecule has 0 fully saturated rings. The summed E-state index contributed by atoms with van der Waals surface area (Å²) in [5, 5.41) is 5.47. The lowest BCUT2D eigenvalue weighted by atomic mass is 10.2. The van der Waals surface area contributed by atoms with Gasteiger partial charge >= 0.3 is 6.03 Å². The van der Waals surface area contributed by atoms with E-state index in [4.69, 9.17) is 9.15 Å². The summed E-state index contributed by atoms with van der Waals surface area (Å²) in [5.41, 5.74) is 0.589. The molecule has 0 aromatic carbocycles. The van der Waals surface area contributed by atoms with Crippen LogP contribution in [0.15, 0.2) is 34.9 Å². The molecular formula is C14H17N3O3. The van der Waals surface area contributed by atoms with Crippen LogP contribution in [0.1, 0.15) is 24.5 Å². The third-order valence-corrected chi connectivity index (χ3v) is 2.74. The fourth-order valence-electron chi connectivity index (χ4n) is 1.70. The topological polar surface area (TPSA) is 76.4 Å². The molecule has 0 saturated heterocycles. The van der Waals surface area contributed by atoms with Crippen molar-refractivity contribution in [3.63, 3.8) is 0 Å². The number of furan rings is 1. The van der Waals surface area contributed by atoms with E-state index in [1.54, 1.807) is 12.1 Å². The first-order valence-electron chi connectivity index (χ1n) is 6.22. The van der Waals surface area contributed by atoms with E-state index in [2.05, 4.69) is 15.6 Å². The van der Waals surface area contributed by atoms with Crippen LogP contribution in [0.4, 0.5) is 10.5 Å². The van der Waals surface area contributed by atoms with E-state index in [9.17, 15) is 4.79 Å². The normalized spacial score (nSPS) is 11.8. The Kier molecular flexibility index (Phi) is 4.24. The van der Waals surface area contributed by atoms with Crippen molar-refractivity contribution in [2.75, 3.05) is 12.4 Å². The maximum Gasteiger partial charge on any atom is 0.319 e. The molecule has 2 N–H and O–H groups in total. The van der Waals surface area contributed by atoms with Crippen LogP contribution in [-0.2, 0) is 0 Å². The highest BCUT2D eigenvalue weighted by Crippen LogP contribution is 2.16. The van der Waals surface area contributed by atoms with Gasteiger partial charge in [-0.05, 0) is 32.0 Å². The summed E-state index contributed by atoms with van der Waals surface area (Å²) < 4.78 is 10.4. The van der Waals surface area contributed by atoms with Crippen molar-refractivity contribution in [3.05, 3.63) is 42.0 Å². The molecular weight excluding hydrogens is 258 g/mol. The van der Waals surface area contributed by atoms with Gasteiger partial charge in [-0.3, -0.25) is 0 Å². The van der Waals surface area contributed by atoms with Gasteiger partial charge in [-0.2, -0.15) is 0 Å². The van der Waals surface area contributed by atoms with Crippen LogP contribution in [0.5, 0.6) is 5.88 Å². The zero-order valence-corrected chi connectivity index (χ0v) is 11.6. The number of hydrogen-bond donors (Lipinski definition) is 2. The molecule has 0 spiro atoms. The lowest BCUT2D eigenvalue weighted by molar-refractivity contribution is 0.247. The maximum atomic E-state index is 11.8. The minimum Gasteiger partial charge on any atom is -0.481 e. The van der Waals surface area contributed by atoms with Crippen molar-refractivity contribution < 1.29 is 13.9 Å². The Balaban J connectivity index is 1.91. The van der Waals surface area contributed by atoms with Crippen LogP contribution in [0.25, 0.3) is 0 Å². The summed E-state index contributed by atoms with van der Waals surface area (Å²) in [6.07, 6.45) is 1.53.